The van der Waals surface area contributed by atoms with Gasteiger partial charge in [0.2, 0.25) is 0 Å². The van der Waals surface area contributed by atoms with Crippen LogP contribution < -0.4 is 0 Å². The Bertz CT molecular complexity index is 499. The van der Waals surface area contributed by atoms with Crippen molar-refractivity contribution in [3.05, 3.63) is 71.8 Å². The number of hydrogen-bond donors (Lipinski definition) is 0. The smallest absolute Gasteiger partial charge is 0.0202 e. The van der Waals surface area contributed by atoms with E-state index in [9.17, 15) is 0 Å². The zero-order valence-corrected chi connectivity index (χ0v) is 15.1. The Labute approximate surface area is 143 Å². The van der Waals surface area contributed by atoms with Crippen LogP contribution in [0.15, 0.2) is 60.7 Å². The van der Waals surface area contributed by atoms with Gasteiger partial charge >= 0.3 is 0 Å². The van der Waals surface area contributed by atoms with E-state index in [-0.39, 0.29) is 5.41 Å². The second-order valence-electron chi connectivity index (χ2n) is 7.20. The molecule has 0 atom stereocenters. The molecule has 0 heteroatoms. The zero-order valence-electron chi connectivity index (χ0n) is 15.1. The summed E-state index contributed by atoms with van der Waals surface area (Å²) in [7, 11) is 0. The van der Waals surface area contributed by atoms with E-state index in [4.69, 9.17) is 0 Å². The van der Waals surface area contributed by atoms with Gasteiger partial charge in [0.15, 0.2) is 0 Å². The highest BCUT2D eigenvalue weighted by Gasteiger charge is 2.32. The average Bonchev–Trinajstić information content (AvgIpc) is 2.59. The molecule has 2 aromatic carbocycles. The van der Waals surface area contributed by atoms with Gasteiger partial charge in [0.25, 0.3) is 0 Å². The molecule has 0 fully saturated rings. The molecule has 0 nitrogen and oxygen atoms in total. The van der Waals surface area contributed by atoms with Crippen molar-refractivity contribution in [1.82, 2.24) is 0 Å². The highest BCUT2D eigenvalue weighted by atomic mass is 14.4. The molecule has 124 valence electrons. The topological polar surface area (TPSA) is 0 Å². The molecule has 0 aliphatic heterocycles. The van der Waals surface area contributed by atoms with Crippen LogP contribution in [-0.4, -0.2) is 0 Å². The largest absolute Gasteiger partial charge is 0.0654 e. The Morgan fingerprint density at radius 1 is 0.739 bits per heavy atom. The molecule has 0 amide bonds. The van der Waals surface area contributed by atoms with Crippen molar-refractivity contribution in [2.75, 3.05) is 0 Å². The molecule has 0 radical (unpaired) electrons. The average molecular weight is 309 g/mol. The molecule has 0 bridgehead atoms. The molecule has 23 heavy (non-hydrogen) atoms. The predicted molar refractivity (Wildman–Crippen MR) is 102 cm³/mol. The minimum Gasteiger partial charge on any atom is -0.0654 e. The van der Waals surface area contributed by atoms with E-state index in [0.29, 0.717) is 0 Å². The second-order valence-corrected chi connectivity index (χ2v) is 7.20. The normalized spacial score (nSPS) is 11.8. The third-order valence-corrected chi connectivity index (χ3v) is 4.99. The predicted octanol–water partition coefficient (Wildman–Crippen LogP) is 6.99. The molecular weight excluding hydrogens is 276 g/mol. The summed E-state index contributed by atoms with van der Waals surface area (Å²) in [6, 6.07) is 22.4. The van der Waals surface area contributed by atoms with Gasteiger partial charge < -0.3 is 0 Å². The van der Waals surface area contributed by atoms with E-state index in [0.717, 1.165) is 5.92 Å². The van der Waals surface area contributed by atoms with Crippen LogP contribution in [0.3, 0.4) is 0 Å². The quantitative estimate of drug-likeness (QED) is 0.468. The first-order chi connectivity index (χ1) is 11.2. The van der Waals surface area contributed by atoms with E-state index in [2.05, 4.69) is 81.4 Å². The fourth-order valence-corrected chi connectivity index (χ4v) is 3.67. The number of benzene rings is 2. The molecule has 2 rings (SSSR count). The molecule has 0 unspecified atom stereocenters. The van der Waals surface area contributed by atoms with E-state index < -0.39 is 0 Å². The van der Waals surface area contributed by atoms with Gasteiger partial charge in [-0.3, -0.25) is 0 Å². The Hall–Kier alpha value is -1.56. The monoisotopic (exact) mass is 308 g/mol. The molecular formula is C23H32. The van der Waals surface area contributed by atoms with Crippen molar-refractivity contribution in [1.29, 1.82) is 0 Å². The van der Waals surface area contributed by atoms with Crippen molar-refractivity contribution < 1.29 is 0 Å². The summed E-state index contributed by atoms with van der Waals surface area (Å²) in [4.78, 5) is 0. The van der Waals surface area contributed by atoms with E-state index >= 15 is 0 Å². The maximum absolute atomic E-state index is 2.33. The van der Waals surface area contributed by atoms with Crippen LogP contribution in [0.2, 0.25) is 0 Å². The summed E-state index contributed by atoms with van der Waals surface area (Å²) in [6.07, 6.45) is 7.64. The summed E-state index contributed by atoms with van der Waals surface area (Å²) >= 11 is 0. The van der Waals surface area contributed by atoms with Crippen LogP contribution in [0.1, 0.15) is 70.4 Å². The summed E-state index contributed by atoms with van der Waals surface area (Å²) in [5.74, 6) is 0.783. The summed E-state index contributed by atoms with van der Waals surface area (Å²) < 4.78 is 0. The van der Waals surface area contributed by atoms with Crippen molar-refractivity contribution in [2.24, 2.45) is 5.92 Å². The van der Waals surface area contributed by atoms with Gasteiger partial charge in [0, 0.05) is 5.41 Å². The maximum atomic E-state index is 2.33. The molecule has 0 N–H and O–H groups in total. The molecule has 0 spiro atoms. The number of rotatable bonds is 9. The number of unbranched alkanes of at least 4 members (excludes halogenated alkanes) is 1. The second kappa shape index (κ2) is 8.91. The van der Waals surface area contributed by atoms with Crippen molar-refractivity contribution >= 4 is 0 Å². The molecule has 0 aliphatic carbocycles. The summed E-state index contributed by atoms with van der Waals surface area (Å²) in [5, 5.41) is 0. The molecule has 0 heterocycles. The lowest BCUT2D eigenvalue weighted by atomic mass is 9.68. The third kappa shape index (κ3) is 4.70. The molecule has 2 aromatic rings. The van der Waals surface area contributed by atoms with Gasteiger partial charge in [0.05, 0.1) is 0 Å². The summed E-state index contributed by atoms with van der Waals surface area (Å²) in [5.41, 5.74) is 3.15. The van der Waals surface area contributed by atoms with Gasteiger partial charge in [-0.2, -0.15) is 0 Å². The first-order valence-corrected chi connectivity index (χ1v) is 9.30. The van der Waals surface area contributed by atoms with E-state index in [1.54, 1.807) is 0 Å². The summed E-state index contributed by atoms with van der Waals surface area (Å²) in [6.45, 7) is 6.96. The zero-order chi connectivity index (χ0) is 16.5. The van der Waals surface area contributed by atoms with Crippen LogP contribution in [0.4, 0.5) is 0 Å². The Morgan fingerprint density at radius 2 is 1.22 bits per heavy atom. The molecule has 0 aliphatic rings. The molecule has 0 saturated carbocycles. The lowest BCUT2D eigenvalue weighted by molar-refractivity contribution is 0.386. The lowest BCUT2D eigenvalue weighted by Gasteiger charge is -2.36. The third-order valence-electron chi connectivity index (χ3n) is 4.99. The first kappa shape index (κ1) is 17.8. The Morgan fingerprint density at radius 3 is 1.65 bits per heavy atom. The fraction of sp³-hybridized carbons (Fsp3) is 0.478. The van der Waals surface area contributed by atoms with Crippen molar-refractivity contribution in [3.63, 3.8) is 0 Å². The van der Waals surface area contributed by atoms with Gasteiger partial charge in [-0.25, -0.2) is 0 Å². The van der Waals surface area contributed by atoms with Crippen molar-refractivity contribution in [3.8, 4) is 0 Å². The van der Waals surface area contributed by atoms with Gasteiger partial charge in [-0.05, 0) is 29.9 Å². The van der Waals surface area contributed by atoms with Crippen LogP contribution in [0, 0.1) is 5.92 Å². The highest BCUT2D eigenvalue weighted by molar-refractivity contribution is 5.39. The van der Waals surface area contributed by atoms with Crippen LogP contribution in [0.25, 0.3) is 0 Å². The van der Waals surface area contributed by atoms with E-state index in [1.165, 1.54) is 49.7 Å². The Balaban J connectivity index is 2.40. The maximum Gasteiger partial charge on any atom is 0.0202 e. The van der Waals surface area contributed by atoms with Crippen LogP contribution >= 0.6 is 0 Å². The number of hydrogen-bond acceptors (Lipinski definition) is 0. The van der Waals surface area contributed by atoms with Crippen LogP contribution in [-0.2, 0) is 5.41 Å². The van der Waals surface area contributed by atoms with Gasteiger partial charge in [-0.1, -0.05) is 107 Å². The SMILES string of the molecule is CCCCC(CCCC(C)C)(c1ccccc1)c1ccccc1. The van der Waals surface area contributed by atoms with Gasteiger partial charge in [-0.15, -0.1) is 0 Å². The minimum absolute atomic E-state index is 0.174. The lowest BCUT2D eigenvalue weighted by Crippen LogP contribution is -2.28. The molecule has 0 aromatic heterocycles. The van der Waals surface area contributed by atoms with Gasteiger partial charge in [0.1, 0.15) is 0 Å². The highest BCUT2D eigenvalue weighted by Crippen LogP contribution is 2.41. The van der Waals surface area contributed by atoms with Crippen molar-refractivity contribution in [2.45, 2.75) is 64.7 Å². The fourth-order valence-electron chi connectivity index (χ4n) is 3.67. The standard InChI is InChI=1S/C23H32/c1-4-5-18-23(19-12-13-20(2)3,21-14-8-6-9-15-21)22-16-10-7-11-17-22/h6-11,14-17,20H,4-5,12-13,18-19H2,1-3H3. The van der Waals surface area contributed by atoms with Crippen LogP contribution in [0.5, 0.6) is 0 Å². The first-order valence-electron chi connectivity index (χ1n) is 9.30. The van der Waals surface area contributed by atoms with E-state index in [1.807, 2.05) is 0 Å². The molecule has 0 saturated heterocycles. The Kier molecular flexibility index (Phi) is 6.89. The minimum atomic E-state index is 0.174.